The van der Waals surface area contributed by atoms with E-state index in [4.69, 9.17) is 9.97 Å². The molecule has 0 atom stereocenters. The molecule has 10 aromatic rings. The molecule has 0 N–H and O–H groups in total. The van der Waals surface area contributed by atoms with Crippen LogP contribution in [0.3, 0.4) is 0 Å². The first-order chi connectivity index (χ1) is 27.7. The van der Waals surface area contributed by atoms with E-state index in [1.54, 1.807) is 0 Å². The molecule has 0 saturated carbocycles. The van der Waals surface area contributed by atoms with Gasteiger partial charge in [-0.25, -0.2) is 9.97 Å². The van der Waals surface area contributed by atoms with Gasteiger partial charge in [0.1, 0.15) is 0 Å². The van der Waals surface area contributed by atoms with Crippen LogP contribution in [0.1, 0.15) is 101 Å². The molecule has 0 unspecified atom stereocenters. The molecule has 6 aromatic carbocycles. The van der Waals surface area contributed by atoms with Gasteiger partial charge in [0.2, 0.25) is 0 Å². The summed E-state index contributed by atoms with van der Waals surface area (Å²) in [5.41, 5.74) is 6.97. The van der Waals surface area contributed by atoms with Gasteiger partial charge in [0.05, 0.1) is 22.1 Å². The van der Waals surface area contributed by atoms with Crippen LogP contribution in [0.4, 0.5) is 0 Å². The first kappa shape index (κ1) is 35.8. The normalized spacial score (nSPS) is 12.4. The summed E-state index contributed by atoms with van der Waals surface area (Å²) in [5.74, 6) is 0. The number of pyridine rings is 2. The lowest BCUT2D eigenvalue weighted by Crippen LogP contribution is -1.98. The van der Waals surface area contributed by atoms with Crippen LogP contribution in [0.25, 0.3) is 96.8 Å². The van der Waals surface area contributed by atoms with Crippen molar-refractivity contribution in [2.45, 2.75) is 104 Å². The molecule has 4 aromatic heterocycles. The molecule has 0 amide bonds. The van der Waals surface area contributed by atoms with Crippen molar-refractivity contribution >= 4 is 98.6 Å². The van der Waals surface area contributed by atoms with Gasteiger partial charge in [0.25, 0.3) is 0 Å². The third kappa shape index (κ3) is 6.12. The summed E-state index contributed by atoms with van der Waals surface area (Å²) >= 11 is 3.97. The maximum Gasteiger partial charge on any atom is 0.0801 e. The van der Waals surface area contributed by atoms with E-state index in [0.717, 1.165) is 34.9 Å². The molecule has 2 nitrogen and oxygen atoms in total. The molecule has 280 valence electrons. The van der Waals surface area contributed by atoms with Crippen molar-refractivity contribution in [1.29, 1.82) is 0 Å². The monoisotopic (exact) mass is 766 g/mol. The standard InChI is InChI=1S/C52H50N2S2/c1-3-5-7-9-11-13-19-33-25-31-43(55-33)45-35-21-15-17-23-37(35)51-47-39(45)27-29-41-49(47)50-42(53-51)30-28-40-46(36-22-16-18-24-38(36)52(54-41)48(40)50)44-32-26-34(56-44)20-14-12-10-8-6-4-2/h15-18,21-32H,3-14,19-20H2,1-2H3. The van der Waals surface area contributed by atoms with E-state index < -0.39 is 0 Å². The molecule has 0 spiro atoms. The van der Waals surface area contributed by atoms with Gasteiger partial charge in [0, 0.05) is 63.0 Å². The summed E-state index contributed by atoms with van der Waals surface area (Å²) in [6, 6.07) is 36.7. The SMILES string of the molecule is CCCCCCCCc1ccc(-c2c3ccccc3c3nc4ccc5c(-c6ccc(CCCCCCCC)s6)c6ccccc6c6nc7ccc2c3c7c4c56)s1. The van der Waals surface area contributed by atoms with Gasteiger partial charge >= 0.3 is 0 Å². The van der Waals surface area contributed by atoms with Crippen LogP contribution in [0.2, 0.25) is 0 Å². The second-order valence-corrected chi connectivity index (χ2v) is 18.4. The minimum absolute atomic E-state index is 1.06. The van der Waals surface area contributed by atoms with Crippen molar-refractivity contribution in [1.82, 2.24) is 9.97 Å². The predicted molar refractivity (Wildman–Crippen MR) is 248 cm³/mol. The first-order valence-electron chi connectivity index (χ1n) is 21.4. The average molecular weight is 767 g/mol. The summed E-state index contributed by atoms with van der Waals surface area (Å²) in [5, 5.41) is 12.6. The number of thiophene rings is 2. The maximum atomic E-state index is 5.60. The summed E-state index contributed by atoms with van der Waals surface area (Å²) < 4.78 is 0. The Balaban J connectivity index is 1.15. The maximum absolute atomic E-state index is 5.60. The number of rotatable bonds is 16. The Morgan fingerprint density at radius 3 is 1.23 bits per heavy atom. The Bertz CT molecular complexity index is 2760. The van der Waals surface area contributed by atoms with Crippen LogP contribution < -0.4 is 0 Å². The van der Waals surface area contributed by atoms with Crippen LogP contribution in [0.5, 0.6) is 0 Å². The molecule has 0 aliphatic heterocycles. The van der Waals surface area contributed by atoms with Gasteiger partial charge in [-0.15, -0.1) is 22.7 Å². The lowest BCUT2D eigenvalue weighted by Gasteiger charge is -2.21. The number of unbranched alkanes of at least 4 members (excludes halogenated alkanes) is 10. The largest absolute Gasteiger partial charge is 0.247 e. The van der Waals surface area contributed by atoms with Crippen LogP contribution >= 0.6 is 22.7 Å². The van der Waals surface area contributed by atoms with Gasteiger partial charge in [0.15, 0.2) is 0 Å². The second-order valence-electron chi connectivity index (χ2n) is 16.1. The summed E-state index contributed by atoms with van der Waals surface area (Å²) in [6.07, 6.45) is 18.3. The van der Waals surface area contributed by atoms with Crippen molar-refractivity contribution in [3.05, 3.63) is 107 Å². The summed E-state index contributed by atoms with van der Waals surface area (Å²) in [6.45, 7) is 4.59. The minimum Gasteiger partial charge on any atom is -0.247 e. The Kier molecular flexibility index (Phi) is 9.81. The molecular formula is C52H50N2S2. The lowest BCUT2D eigenvalue weighted by atomic mass is 9.86. The number of hydrogen-bond acceptors (Lipinski definition) is 4. The van der Waals surface area contributed by atoms with Crippen molar-refractivity contribution in [2.24, 2.45) is 0 Å². The molecule has 0 aliphatic carbocycles. The third-order valence-electron chi connectivity index (χ3n) is 12.4. The average Bonchev–Trinajstić information content (AvgIpc) is 3.91. The summed E-state index contributed by atoms with van der Waals surface area (Å²) in [4.78, 5) is 16.9. The van der Waals surface area contributed by atoms with Crippen molar-refractivity contribution in [3.63, 3.8) is 0 Å². The minimum atomic E-state index is 1.06. The van der Waals surface area contributed by atoms with E-state index >= 15 is 0 Å². The van der Waals surface area contributed by atoms with Gasteiger partial charge < -0.3 is 0 Å². The molecular weight excluding hydrogens is 717 g/mol. The lowest BCUT2D eigenvalue weighted by molar-refractivity contribution is 0.609. The number of hydrogen-bond donors (Lipinski definition) is 0. The smallest absolute Gasteiger partial charge is 0.0801 e. The summed E-state index contributed by atoms with van der Waals surface area (Å²) in [7, 11) is 0. The van der Waals surface area contributed by atoms with E-state index in [2.05, 4.69) is 111 Å². The van der Waals surface area contributed by atoms with Crippen LogP contribution in [-0.4, -0.2) is 9.97 Å². The van der Waals surface area contributed by atoms with Crippen LogP contribution in [0, 0.1) is 0 Å². The Morgan fingerprint density at radius 1 is 0.375 bits per heavy atom. The number of nitrogens with zero attached hydrogens (tertiary/aromatic N) is 2. The van der Waals surface area contributed by atoms with Crippen molar-refractivity contribution < 1.29 is 0 Å². The number of aryl methyl sites for hydroxylation is 2. The zero-order chi connectivity index (χ0) is 37.6. The molecule has 10 rings (SSSR count). The third-order valence-corrected chi connectivity index (χ3v) is 14.7. The van der Waals surface area contributed by atoms with Crippen LogP contribution in [-0.2, 0) is 12.8 Å². The fourth-order valence-electron chi connectivity index (χ4n) is 9.62. The van der Waals surface area contributed by atoms with E-state index in [1.807, 2.05) is 22.7 Å². The number of benzene rings is 6. The van der Waals surface area contributed by atoms with Crippen molar-refractivity contribution in [3.8, 4) is 20.9 Å². The zero-order valence-electron chi connectivity index (χ0n) is 32.8. The topological polar surface area (TPSA) is 25.8 Å². The number of aromatic nitrogens is 2. The van der Waals surface area contributed by atoms with Crippen molar-refractivity contribution in [2.75, 3.05) is 0 Å². The predicted octanol–water partition coefficient (Wildman–Crippen LogP) is 16.7. The molecule has 4 heteroatoms. The highest BCUT2D eigenvalue weighted by Gasteiger charge is 2.25. The van der Waals surface area contributed by atoms with Gasteiger partial charge in [-0.3, -0.25) is 0 Å². The fourth-order valence-corrected chi connectivity index (χ4v) is 11.9. The van der Waals surface area contributed by atoms with E-state index in [-0.39, 0.29) is 0 Å². The highest BCUT2D eigenvalue weighted by molar-refractivity contribution is 7.16. The van der Waals surface area contributed by atoms with E-state index in [0.29, 0.717) is 0 Å². The molecule has 0 saturated heterocycles. The molecule has 56 heavy (non-hydrogen) atoms. The van der Waals surface area contributed by atoms with Gasteiger partial charge in [-0.1, -0.05) is 139 Å². The molecule has 0 radical (unpaired) electrons. The van der Waals surface area contributed by atoms with E-state index in [1.165, 1.54) is 162 Å². The van der Waals surface area contributed by atoms with Gasteiger partial charge in [-0.2, -0.15) is 0 Å². The molecule has 0 aliphatic rings. The highest BCUT2D eigenvalue weighted by atomic mass is 32.1. The quantitative estimate of drug-likeness (QED) is 0.0556. The van der Waals surface area contributed by atoms with Gasteiger partial charge in [-0.05, 0) is 83.6 Å². The Hall–Kier alpha value is -4.64. The molecule has 4 heterocycles. The fraction of sp³-hybridized carbons (Fsp3) is 0.308. The zero-order valence-corrected chi connectivity index (χ0v) is 34.5. The Labute approximate surface area is 338 Å². The number of fused-ring (bicyclic) bond motifs is 4. The first-order valence-corrected chi connectivity index (χ1v) is 23.0. The van der Waals surface area contributed by atoms with Crippen LogP contribution in [0.15, 0.2) is 97.1 Å². The van der Waals surface area contributed by atoms with E-state index in [9.17, 15) is 0 Å². The highest BCUT2D eigenvalue weighted by Crippen LogP contribution is 2.51. The Morgan fingerprint density at radius 2 is 0.786 bits per heavy atom. The second kappa shape index (κ2) is 15.4. The molecule has 0 bridgehead atoms. The molecule has 0 fully saturated rings.